The lowest BCUT2D eigenvalue weighted by Crippen LogP contribution is -2.32. The molecule has 2 aromatic carbocycles. The number of allylic oxidation sites excluding steroid dienone is 2. The van der Waals surface area contributed by atoms with Gasteiger partial charge in [-0.25, -0.2) is 4.90 Å². The van der Waals surface area contributed by atoms with Crippen molar-refractivity contribution < 1.29 is 24.0 Å². The average molecular weight is 435 g/mol. The molecule has 0 aromatic heterocycles. The van der Waals surface area contributed by atoms with E-state index in [9.17, 15) is 19.7 Å². The first kappa shape index (κ1) is 20.0. The van der Waals surface area contributed by atoms with Crippen molar-refractivity contribution in [2.45, 2.75) is 6.42 Å². The lowest BCUT2D eigenvalue weighted by Gasteiger charge is -2.18. The highest BCUT2D eigenvalue weighted by atomic mass is 16.6. The summed E-state index contributed by atoms with van der Waals surface area (Å²) < 4.78 is 10.5. The number of benzene rings is 2. The fraction of sp³-hybridized carbons (Fsp3) is 0.304. The molecule has 9 heteroatoms. The summed E-state index contributed by atoms with van der Waals surface area (Å²) in [6.45, 7) is 0. The van der Waals surface area contributed by atoms with E-state index in [2.05, 4.69) is 5.32 Å². The number of methoxy groups -OCH3 is 2. The van der Waals surface area contributed by atoms with E-state index in [0.717, 1.165) is 11.3 Å². The number of ether oxygens (including phenoxy) is 2. The molecule has 2 aliphatic carbocycles. The van der Waals surface area contributed by atoms with Gasteiger partial charge in [-0.3, -0.25) is 19.7 Å². The molecule has 1 saturated carbocycles. The highest BCUT2D eigenvalue weighted by molar-refractivity contribution is 6.23. The van der Waals surface area contributed by atoms with Gasteiger partial charge in [0.05, 0.1) is 36.7 Å². The van der Waals surface area contributed by atoms with Crippen LogP contribution in [0.1, 0.15) is 6.42 Å². The fourth-order valence-electron chi connectivity index (χ4n) is 5.14. The number of carbonyl (C=O) groups is 2. The molecule has 3 aliphatic rings. The molecule has 2 bridgehead atoms. The van der Waals surface area contributed by atoms with Crippen molar-refractivity contribution in [3.8, 4) is 11.5 Å². The SMILES string of the molecule is COc1ccc(Nc2ccc(N3C(=O)C4C5C=CC(C5)C4C3=O)cc2[N+](=O)[O-])cc1OC. The van der Waals surface area contributed by atoms with Gasteiger partial charge in [0.1, 0.15) is 5.69 Å². The molecule has 2 fully saturated rings. The molecule has 1 saturated heterocycles. The van der Waals surface area contributed by atoms with Crippen molar-refractivity contribution in [2.24, 2.45) is 23.7 Å². The van der Waals surface area contributed by atoms with Gasteiger partial charge < -0.3 is 14.8 Å². The molecule has 1 aliphatic heterocycles. The second-order valence-electron chi connectivity index (χ2n) is 8.17. The third-order valence-corrected chi connectivity index (χ3v) is 6.57. The Morgan fingerprint density at radius 1 is 0.969 bits per heavy atom. The number of nitro groups is 1. The highest BCUT2D eigenvalue weighted by Gasteiger charge is 2.59. The molecule has 5 rings (SSSR count). The summed E-state index contributed by atoms with van der Waals surface area (Å²) in [7, 11) is 3.02. The second kappa shape index (κ2) is 7.37. The molecule has 2 amide bonds. The van der Waals surface area contributed by atoms with Crippen molar-refractivity contribution in [3.63, 3.8) is 0 Å². The van der Waals surface area contributed by atoms with Crippen molar-refractivity contribution in [3.05, 3.63) is 58.7 Å². The quantitative estimate of drug-likeness (QED) is 0.319. The third-order valence-electron chi connectivity index (χ3n) is 6.57. The van der Waals surface area contributed by atoms with Gasteiger partial charge in [0.2, 0.25) is 11.8 Å². The number of imide groups is 1. The third kappa shape index (κ3) is 2.92. The van der Waals surface area contributed by atoms with E-state index in [4.69, 9.17) is 9.47 Å². The Kier molecular flexibility index (Phi) is 4.61. The first-order chi connectivity index (χ1) is 15.4. The van der Waals surface area contributed by atoms with Gasteiger partial charge in [-0.2, -0.15) is 0 Å². The van der Waals surface area contributed by atoms with Crippen molar-refractivity contribution in [1.29, 1.82) is 0 Å². The summed E-state index contributed by atoms with van der Waals surface area (Å²) in [5.74, 6) is -0.108. The van der Waals surface area contributed by atoms with Crippen molar-refractivity contribution in [1.82, 2.24) is 0 Å². The molecule has 9 nitrogen and oxygen atoms in total. The van der Waals surface area contributed by atoms with Gasteiger partial charge in [-0.15, -0.1) is 0 Å². The van der Waals surface area contributed by atoms with Crippen LogP contribution in [0.3, 0.4) is 0 Å². The Balaban J connectivity index is 1.46. The first-order valence-electron chi connectivity index (χ1n) is 10.3. The van der Waals surface area contributed by atoms with Crippen LogP contribution in [0.2, 0.25) is 0 Å². The van der Waals surface area contributed by atoms with E-state index in [1.807, 2.05) is 12.2 Å². The summed E-state index contributed by atoms with van der Waals surface area (Å²) in [4.78, 5) is 38.5. The highest BCUT2D eigenvalue weighted by Crippen LogP contribution is 2.53. The smallest absolute Gasteiger partial charge is 0.294 e. The molecule has 32 heavy (non-hydrogen) atoms. The number of fused-ring (bicyclic) bond motifs is 5. The monoisotopic (exact) mass is 435 g/mol. The van der Waals surface area contributed by atoms with Crippen LogP contribution < -0.4 is 19.7 Å². The number of hydrogen-bond donors (Lipinski definition) is 1. The van der Waals surface area contributed by atoms with E-state index in [-0.39, 0.29) is 52.5 Å². The summed E-state index contributed by atoms with van der Waals surface area (Å²) in [5, 5.41) is 14.8. The standard InChI is InChI=1S/C23H21N3O6/c1-31-18-8-5-14(10-19(18)32-2)24-16-7-6-15(11-17(16)26(29)30)25-22(27)20-12-3-4-13(9-12)21(20)23(25)28/h3-8,10-13,20-21,24H,9H2,1-2H3. The van der Waals surface area contributed by atoms with E-state index in [0.29, 0.717) is 17.2 Å². The number of nitro benzene ring substituents is 1. The van der Waals surface area contributed by atoms with Gasteiger partial charge in [0, 0.05) is 17.8 Å². The summed E-state index contributed by atoms with van der Waals surface area (Å²) in [6.07, 6.45) is 4.85. The van der Waals surface area contributed by atoms with Crippen LogP contribution in [0.4, 0.5) is 22.7 Å². The predicted molar refractivity (Wildman–Crippen MR) is 116 cm³/mol. The van der Waals surface area contributed by atoms with Crippen LogP contribution in [0.5, 0.6) is 11.5 Å². The van der Waals surface area contributed by atoms with Gasteiger partial charge in [0.25, 0.3) is 5.69 Å². The lowest BCUT2D eigenvalue weighted by atomic mass is 9.85. The predicted octanol–water partition coefficient (Wildman–Crippen LogP) is 3.67. The Hall–Kier alpha value is -3.88. The zero-order valence-corrected chi connectivity index (χ0v) is 17.5. The molecule has 164 valence electrons. The zero-order chi connectivity index (χ0) is 22.6. The lowest BCUT2D eigenvalue weighted by molar-refractivity contribution is -0.383. The topological polar surface area (TPSA) is 111 Å². The second-order valence-corrected chi connectivity index (χ2v) is 8.17. The van der Waals surface area contributed by atoms with Crippen molar-refractivity contribution >= 4 is 34.6 Å². The number of nitrogens with one attached hydrogen (secondary N) is 1. The van der Waals surface area contributed by atoms with Crippen LogP contribution in [0.15, 0.2) is 48.6 Å². The van der Waals surface area contributed by atoms with E-state index < -0.39 is 4.92 Å². The average Bonchev–Trinajstić information content (AvgIpc) is 3.47. The summed E-state index contributed by atoms with van der Waals surface area (Å²) in [5.41, 5.74) is 0.769. The van der Waals surface area contributed by atoms with Crippen LogP contribution >= 0.6 is 0 Å². The van der Waals surface area contributed by atoms with Gasteiger partial charge in [-0.1, -0.05) is 12.2 Å². The first-order valence-corrected chi connectivity index (χ1v) is 10.3. The van der Waals surface area contributed by atoms with Crippen LogP contribution in [0.25, 0.3) is 0 Å². The molecular weight excluding hydrogens is 414 g/mol. The maximum Gasteiger partial charge on any atom is 0.294 e. The summed E-state index contributed by atoms with van der Waals surface area (Å²) in [6, 6.07) is 9.39. The van der Waals surface area contributed by atoms with Gasteiger partial charge in [0.15, 0.2) is 11.5 Å². The number of nitrogens with zero attached hydrogens (tertiary/aromatic N) is 2. The molecular formula is C23H21N3O6. The molecule has 4 unspecified atom stereocenters. The fourth-order valence-corrected chi connectivity index (χ4v) is 5.14. The molecule has 0 radical (unpaired) electrons. The van der Waals surface area contributed by atoms with E-state index in [1.54, 1.807) is 24.3 Å². The molecule has 1 N–H and O–H groups in total. The number of hydrogen-bond acceptors (Lipinski definition) is 7. The zero-order valence-electron chi connectivity index (χ0n) is 17.5. The Morgan fingerprint density at radius 3 is 2.22 bits per heavy atom. The van der Waals surface area contributed by atoms with Crippen LogP contribution in [-0.2, 0) is 9.59 Å². The largest absolute Gasteiger partial charge is 0.493 e. The number of amides is 2. The minimum absolute atomic E-state index is 0.0763. The summed E-state index contributed by atoms with van der Waals surface area (Å²) >= 11 is 0. The van der Waals surface area contributed by atoms with Gasteiger partial charge >= 0.3 is 0 Å². The number of rotatable bonds is 6. The number of anilines is 3. The number of carbonyl (C=O) groups excluding carboxylic acids is 2. The van der Waals surface area contributed by atoms with Crippen molar-refractivity contribution in [2.75, 3.05) is 24.4 Å². The Bertz CT molecular complexity index is 1150. The maximum atomic E-state index is 13.0. The molecule has 1 heterocycles. The van der Waals surface area contributed by atoms with Gasteiger partial charge in [-0.05, 0) is 42.5 Å². The maximum absolute atomic E-state index is 13.0. The molecule has 4 atom stereocenters. The molecule has 0 spiro atoms. The normalized spacial score (nSPS) is 25.2. The van der Waals surface area contributed by atoms with Crippen LogP contribution in [0, 0.1) is 33.8 Å². The molecule has 2 aromatic rings. The Labute approximate surface area is 183 Å². The van der Waals surface area contributed by atoms with E-state index >= 15 is 0 Å². The van der Waals surface area contributed by atoms with E-state index in [1.165, 1.54) is 26.4 Å². The van der Waals surface area contributed by atoms with Crippen LogP contribution in [-0.4, -0.2) is 31.0 Å². The Morgan fingerprint density at radius 2 is 1.62 bits per heavy atom. The minimum atomic E-state index is -0.538. The minimum Gasteiger partial charge on any atom is -0.493 e.